The minimum atomic E-state index is -0.437. The lowest BCUT2D eigenvalue weighted by Gasteiger charge is -2.10. The first kappa shape index (κ1) is 10.7. The van der Waals surface area contributed by atoms with Gasteiger partial charge in [-0.2, -0.15) is 4.39 Å². The van der Waals surface area contributed by atoms with Crippen molar-refractivity contribution in [2.24, 2.45) is 5.92 Å². The molecule has 1 aliphatic carbocycles. The fraction of sp³-hybridized carbons (Fsp3) is 0.455. The van der Waals surface area contributed by atoms with Gasteiger partial charge in [-0.15, -0.1) is 0 Å². The summed E-state index contributed by atoms with van der Waals surface area (Å²) in [7, 11) is 1.44. The third kappa shape index (κ3) is 2.43. The van der Waals surface area contributed by atoms with Crippen LogP contribution in [0.5, 0.6) is 11.5 Å². The number of hydrogen-bond donors (Lipinski definition) is 0. The SMILES string of the molecule is COc1ccc(Br)c(OCC2CC2)c1F. The molecule has 1 aliphatic rings. The summed E-state index contributed by atoms with van der Waals surface area (Å²) < 4.78 is 24.7. The van der Waals surface area contributed by atoms with Crippen LogP contribution in [0.25, 0.3) is 0 Å². The maximum Gasteiger partial charge on any atom is 0.207 e. The molecule has 0 bridgehead atoms. The number of halogens is 2. The number of benzene rings is 1. The van der Waals surface area contributed by atoms with E-state index < -0.39 is 5.82 Å². The molecule has 2 rings (SSSR count). The van der Waals surface area contributed by atoms with Crippen LogP contribution in [0.15, 0.2) is 16.6 Å². The van der Waals surface area contributed by atoms with Crippen molar-refractivity contribution in [3.63, 3.8) is 0 Å². The van der Waals surface area contributed by atoms with Gasteiger partial charge >= 0.3 is 0 Å². The molecule has 0 aromatic heterocycles. The Hall–Kier alpha value is -0.770. The minimum Gasteiger partial charge on any atom is -0.494 e. The highest BCUT2D eigenvalue weighted by molar-refractivity contribution is 9.10. The van der Waals surface area contributed by atoms with Crippen LogP contribution in [0, 0.1) is 11.7 Å². The molecule has 0 unspecified atom stereocenters. The average Bonchev–Trinajstić information content (AvgIpc) is 3.02. The molecular formula is C11H12BrFO2. The molecule has 0 heterocycles. The van der Waals surface area contributed by atoms with E-state index in [1.807, 2.05) is 0 Å². The molecular weight excluding hydrogens is 263 g/mol. The summed E-state index contributed by atoms with van der Waals surface area (Å²) in [5.41, 5.74) is 0. The second-order valence-electron chi connectivity index (χ2n) is 3.65. The molecule has 0 radical (unpaired) electrons. The number of methoxy groups -OCH3 is 1. The summed E-state index contributed by atoms with van der Waals surface area (Å²) in [5.74, 6) is 0.625. The highest BCUT2D eigenvalue weighted by atomic mass is 79.9. The van der Waals surface area contributed by atoms with Crippen LogP contribution in [0.4, 0.5) is 4.39 Å². The van der Waals surface area contributed by atoms with Crippen LogP contribution in [0.3, 0.4) is 0 Å². The van der Waals surface area contributed by atoms with Crippen LogP contribution >= 0.6 is 15.9 Å². The fourth-order valence-corrected chi connectivity index (χ4v) is 1.71. The van der Waals surface area contributed by atoms with Crippen LogP contribution in [0.1, 0.15) is 12.8 Å². The van der Waals surface area contributed by atoms with Gasteiger partial charge in [0.2, 0.25) is 5.82 Å². The molecule has 0 atom stereocenters. The maximum atomic E-state index is 13.7. The molecule has 0 aliphatic heterocycles. The van der Waals surface area contributed by atoms with E-state index >= 15 is 0 Å². The Morgan fingerprint density at radius 1 is 1.47 bits per heavy atom. The quantitative estimate of drug-likeness (QED) is 0.838. The molecule has 1 saturated carbocycles. The van der Waals surface area contributed by atoms with E-state index in [9.17, 15) is 4.39 Å². The second-order valence-corrected chi connectivity index (χ2v) is 4.50. The normalized spacial score (nSPS) is 15.1. The highest BCUT2D eigenvalue weighted by Crippen LogP contribution is 2.36. The van der Waals surface area contributed by atoms with Gasteiger partial charge in [0.25, 0.3) is 0 Å². The van der Waals surface area contributed by atoms with Gasteiger partial charge in [-0.3, -0.25) is 0 Å². The summed E-state index contributed by atoms with van der Waals surface area (Å²) in [5, 5.41) is 0. The van der Waals surface area contributed by atoms with E-state index in [-0.39, 0.29) is 11.5 Å². The van der Waals surface area contributed by atoms with Crippen molar-refractivity contribution in [1.29, 1.82) is 0 Å². The van der Waals surface area contributed by atoms with Crippen LogP contribution in [-0.4, -0.2) is 13.7 Å². The van der Waals surface area contributed by atoms with Crippen molar-refractivity contribution in [3.05, 3.63) is 22.4 Å². The van der Waals surface area contributed by atoms with Crippen molar-refractivity contribution in [2.75, 3.05) is 13.7 Å². The van der Waals surface area contributed by atoms with Crippen molar-refractivity contribution in [1.82, 2.24) is 0 Å². The van der Waals surface area contributed by atoms with Gasteiger partial charge in [-0.25, -0.2) is 0 Å². The lowest BCUT2D eigenvalue weighted by Crippen LogP contribution is -2.02. The largest absolute Gasteiger partial charge is 0.494 e. The lowest BCUT2D eigenvalue weighted by molar-refractivity contribution is 0.276. The van der Waals surface area contributed by atoms with E-state index in [1.165, 1.54) is 20.0 Å². The third-order valence-corrected chi connectivity index (χ3v) is 3.02. The Morgan fingerprint density at radius 3 is 2.80 bits per heavy atom. The van der Waals surface area contributed by atoms with E-state index in [1.54, 1.807) is 12.1 Å². The topological polar surface area (TPSA) is 18.5 Å². The standard InChI is InChI=1S/C11H12BrFO2/c1-14-9-5-4-8(12)11(10(9)13)15-6-7-2-3-7/h4-5,7H,2-3,6H2,1H3. The minimum absolute atomic E-state index is 0.212. The zero-order valence-electron chi connectivity index (χ0n) is 8.43. The molecule has 0 saturated heterocycles. The summed E-state index contributed by atoms with van der Waals surface area (Å²) in [6.07, 6.45) is 2.37. The molecule has 1 aromatic rings. The van der Waals surface area contributed by atoms with E-state index in [0.29, 0.717) is 17.0 Å². The molecule has 1 aromatic carbocycles. The first-order chi connectivity index (χ1) is 7.22. The Balaban J connectivity index is 2.18. The van der Waals surface area contributed by atoms with Gasteiger partial charge in [-0.05, 0) is 46.8 Å². The molecule has 0 amide bonds. The van der Waals surface area contributed by atoms with Gasteiger partial charge in [0.15, 0.2) is 11.5 Å². The molecule has 0 N–H and O–H groups in total. The summed E-state index contributed by atoms with van der Waals surface area (Å²) >= 11 is 3.26. The molecule has 82 valence electrons. The predicted molar refractivity (Wildman–Crippen MR) is 58.9 cm³/mol. The van der Waals surface area contributed by atoms with Crippen molar-refractivity contribution in [3.8, 4) is 11.5 Å². The predicted octanol–water partition coefficient (Wildman–Crippen LogP) is 3.39. The maximum absolute atomic E-state index is 13.7. The Bertz CT molecular complexity index is 364. The molecule has 0 spiro atoms. The van der Waals surface area contributed by atoms with E-state index in [2.05, 4.69) is 15.9 Å². The first-order valence-electron chi connectivity index (χ1n) is 4.87. The zero-order valence-corrected chi connectivity index (χ0v) is 10.0. The van der Waals surface area contributed by atoms with E-state index in [4.69, 9.17) is 9.47 Å². The van der Waals surface area contributed by atoms with Crippen LogP contribution in [-0.2, 0) is 0 Å². The summed E-state index contributed by atoms with van der Waals surface area (Å²) in [6.45, 7) is 0.586. The molecule has 1 fully saturated rings. The fourth-order valence-electron chi connectivity index (χ4n) is 1.29. The van der Waals surface area contributed by atoms with Gasteiger partial charge in [0.05, 0.1) is 18.2 Å². The van der Waals surface area contributed by atoms with E-state index in [0.717, 1.165) is 0 Å². The summed E-state index contributed by atoms with van der Waals surface area (Å²) in [6, 6.07) is 3.30. The Labute approximate surface area is 96.5 Å². The Morgan fingerprint density at radius 2 is 2.20 bits per heavy atom. The first-order valence-corrected chi connectivity index (χ1v) is 5.66. The Kier molecular flexibility index (Phi) is 3.14. The molecule has 15 heavy (non-hydrogen) atoms. The highest BCUT2D eigenvalue weighted by Gasteiger charge is 2.23. The monoisotopic (exact) mass is 274 g/mol. The van der Waals surface area contributed by atoms with Crippen molar-refractivity contribution >= 4 is 15.9 Å². The molecule has 2 nitrogen and oxygen atoms in total. The van der Waals surface area contributed by atoms with Crippen LogP contribution < -0.4 is 9.47 Å². The van der Waals surface area contributed by atoms with Crippen molar-refractivity contribution in [2.45, 2.75) is 12.8 Å². The lowest BCUT2D eigenvalue weighted by atomic mass is 10.3. The third-order valence-electron chi connectivity index (χ3n) is 2.39. The number of ether oxygens (including phenoxy) is 2. The van der Waals surface area contributed by atoms with Gasteiger partial charge in [0.1, 0.15) is 0 Å². The van der Waals surface area contributed by atoms with Gasteiger partial charge in [0, 0.05) is 0 Å². The van der Waals surface area contributed by atoms with Gasteiger partial charge < -0.3 is 9.47 Å². The van der Waals surface area contributed by atoms with Crippen molar-refractivity contribution < 1.29 is 13.9 Å². The smallest absolute Gasteiger partial charge is 0.207 e. The summed E-state index contributed by atoms with van der Waals surface area (Å²) in [4.78, 5) is 0. The number of hydrogen-bond acceptors (Lipinski definition) is 2. The zero-order chi connectivity index (χ0) is 10.8. The van der Waals surface area contributed by atoms with Gasteiger partial charge in [-0.1, -0.05) is 0 Å². The molecule has 4 heteroatoms. The van der Waals surface area contributed by atoms with Crippen LogP contribution in [0.2, 0.25) is 0 Å². The average molecular weight is 275 g/mol. The number of rotatable bonds is 4. The second kappa shape index (κ2) is 4.39.